The van der Waals surface area contributed by atoms with Gasteiger partial charge in [-0.1, -0.05) is 18.2 Å². The van der Waals surface area contributed by atoms with Crippen LogP contribution < -0.4 is 5.32 Å². The number of nitrogens with one attached hydrogen (secondary N) is 1. The maximum atomic E-state index is 13.3. The third-order valence-electron chi connectivity index (χ3n) is 5.24. The zero-order valence-corrected chi connectivity index (χ0v) is 16.1. The maximum absolute atomic E-state index is 13.3. The van der Waals surface area contributed by atoms with Gasteiger partial charge in [0.15, 0.2) is 0 Å². The van der Waals surface area contributed by atoms with Crippen LogP contribution in [0.25, 0.3) is 0 Å². The molecule has 140 valence electrons. The van der Waals surface area contributed by atoms with Crippen LogP contribution in [0.4, 0.5) is 4.39 Å². The molecule has 1 fully saturated rings. The van der Waals surface area contributed by atoms with Crippen LogP contribution in [-0.2, 0) is 17.6 Å². The van der Waals surface area contributed by atoms with E-state index < -0.39 is 0 Å². The second kappa shape index (κ2) is 9.28. The third kappa shape index (κ3) is 5.39. The number of likely N-dealkylation sites (tertiary alicyclic amines) is 1. The molecule has 0 saturated carbocycles. The van der Waals surface area contributed by atoms with Crippen molar-refractivity contribution in [2.45, 2.75) is 38.6 Å². The van der Waals surface area contributed by atoms with Gasteiger partial charge < -0.3 is 5.32 Å². The lowest BCUT2D eigenvalue weighted by molar-refractivity contribution is -0.126. The predicted octanol–water partition coefficient (Wildman–Crippen LogP) is 3.89. The summed E-state index contributed by atoms with van der Waals surface area (Å²) in [6.45, 7) is 4.55. The van der Waals surface area contributed by atoms with Crippen molar-refractivity contribution in [3.05, 3.63) is 58.0 Å². The molecular weight excluding hydrogens is 347 g/mol. The lowest BCUT2D eigenvalue weighted by Crippen LogP contribution is -2.48. The molecule has 3 rings (SSSR count). The lowest BCUT2D eigenvalue weighted by Gasteiger charge is -2.35. The number of piperidine rings is 1. The van der Waals surface area contributed by atoms with E-state index in [2.05, 4.69) is 21.7 Å². The summed E-state index contributed by atoms with van der Waals surface area (Å²) in [7, 11) is 0. The molecule has 3 nitrogen and oxygen atoms in total. The summed E-state index contributed by atoms with van der Waals surface area (Å²) in [4.78, 5) is 16.0. The van der Waals surface area contributed by atoms with Crippen LogP contribution in [0.3, 0.4) is 0 Å². The fourth-order valence-corrected chi connectivity index (χ4v) is 4.33. The van der Waals surface area contributed by atoms with Crippen molar-refractivity contribution in [3.8, 4) is 0 Å². The molecule has 26 heavy (non-hydrogen) atoms. The molecule has 1 aromatic carbocycles. The first-order chi connectivity index (χ1) is 12.6. The summed E-state index contributed by atoms with van der Waals surface area (Å²) in [5.41, 5.74) is 1.07. The van der Waals surface area contributed by atoms with Gasteiger partial charge in [0.05, 0.1) is 6.04 Å². The smallest absolute Gasteiger partial charge is 0.237 e. The first-order valence-electron chi connectivity index (χ1n) is 9.40. The van der Waals surface area contributed by atoms with Crippen molar-refractivity contribution < 1.29 is 9.18 Å². The van der Waals surface area contributed by atoms with Crippen LogP contribution in [0.15, 0.2) is 41.8 Å². The minimum Gasteiger partial charge on any atom is -0.354 e. The normalized spacial score (nSPS) is 17.2. The van der Waals surface area contributed by atoms with Gasteiger partial charge in [-0.3, -0.25) is 9.69 Å². The highest BCUT2D eigenvalue weighted by atomic mass is 32.1. The molecule has 1 aliphatic heterocycles. The van der Waals surface area contributed by atoms with Gasteiger partial charge in [0.1, 0.15) is 5.82 Å². The van der Waals surface area contributed by atoms with Crippen LogP contribution in [0.5, 0.6) is 0 Å². The third-order valence-corrected chi connectivity index (χ3v) is 6.18. The fraction of sp³-hybridized carbons (Fsp3) is 0.476. The SMILES string of the molecule is CC(C(=O)NCCc1cccs1)N1CCC(Cc2cccc(F)c2)CC1. The standard InChI is InChI=1S/C21H27FN2OS/c1-16(21(25)23-10-7-20-6-3-13-26-20)24-11-8-17(9-12-24)14-18-4-2-5-19(22)15-18/h2-6,13,15-17H,7-12,14H2,1H3,(H,23,25). The molecule has 1 unspecified atom stereocenters. The summed E-state index contributed by atoms with van der Waals surface area (Å²) in [6.07, 6.45) is 3.94. The average Bonchev–Trinajstić information content (AvgIpc) is 3.15. The molecule has 1 aliphatic rings. The molecule has 1 saturated heterocycles. The van der Waals surface area contributed by atoms with E-state index in [-0.39, 0.29) is 17.8 Å². The first-order valence-corrected chi connectivity index (χ1v) is 10.3. The molecule has 0 bridgehead atoms. The van der Waals surface area contributed by atoms with Crippen LogP contribution in [-0.4, -0.2) is 36.5 Å². The van der Waals surface area contributed by atoms with E-state index in [1.165, 1.54) is 10.9 Å². The van der Waals surface area contributed by atoms with Crippen molar-refractivity contribution in [2.75, 3.05) is 19.6 Å². The molecule has 5 heteroatoms. The lowest BCUT2D eigenvalue weighted by atomic mass is 9.89. The molecule has 0 spiro atoms. The summed E-state index contributed by atoms with van der Waals surface area (Å²) < 4.78 is 13.3. The van der Waals surface area contributed by atoms with E-state index in [1.54, 1.807) is 23.5 Å². The minimum absolute atomic E-state index is 0.0894. The molecule has 2 aromatic rings. The highest BCUT2D eigenvalue weighted by molar-refractivity contribution is 7.09. The number of hydrogen-bond donors (Lipinski definition) is 1. The van der Waals surface area contributed by atoms with E-state index in [1.807, 2.05) is 19.1 Å². The Hall–Kier alpha value is -1.72. The Morgan fingerprint density at radius 2 is 2.12 bits per heavy atom. The topological polar surface area (TPSA) is 32.3 Å². The van der Waals surface area contributed by atoms with Gasteiger partial charge in [-0.25, -0.2) is 4.39 Å². The van der Waals surface area contributed by atoms with E-state index in [0.29, 0.717) is 12.5 Å². The zero-order valence-electron chi connectivity index (χ0n) is 15.3. The minimum atomic E-state index is -0.159. The molecular formula is C21H27FN2OS. The van der Waals surface area contributed by atoms with Crippen LogP contribution in [0.2, 0.25) is 0 Å². The highest BCUT2D eigenvalue weighted by Crippen LogP contribution is 2.23. The van der Waals surface area contributed by atoms with Crippen molar-refractivity contribution >= 4 is 17.2 Å². The van der Waals surface area contributed by atoms with E-state index >= 15 is 0 Å². The average molecular weight is 375 g/mol. The van der Waals surface area contributed by atoms with Crippen LogP contribution in [0.1, 0.15) is 30.2 Å². The zero-order chi connectivity index (χ0) is 18.4. The van der Waals surface area contributed by atoms with Crippen LogP contribution in [0, 0.1) is 11.7 Å². The molecule has 1 aromatic heterocycles. The number of halogens is 1. The van der Waals surface area contributed by atoms with Gasteiger partial charge >= 0.3 is 0 Å². The van der Waals surface area contributed by atoms with Crippen molar-refractivity contribution in [3.63, 3.8) is 0 Å². The van der Waals surface area contributed by atoms with Gasteiger partial charge in [0, 0.05) is 11.4 Å². The molecule has 0 aliphatic carbocycles. The van der Waals surface area contributed by atoms with Gasteiger partial charge in [-0.15, -0.1) is 11.3 Å². The molecule has 1 atom stereocenters. The number of rotatable bonds is 7. The highest BCUT2D eigenvalue weighted by Gasteiger charge is 2.26. The Bertz CT molecular complexity index is 696. The Labute approximate surface area is 159 Å². The summed E-state index contributed by atoms with van der Waals surface area (Å²) in [6, 6.07) is 11.0. The van der Waals surface area contributed by atoms with E-state index in [0.717, 1.165) is 44.3 Å². The van der Waals surface area contributed by atoms with Gasteiger partial charge in [0.2, 0.25) is 5.91 Å². The number of carbonyl (C=O) groups excluding carboxylic acids is 1. The summed E-state index contributed by atoms with van der Waals surface area (Å²) >= 11 is 1.73. The molecule has 2 heterocycles. The second-order valence-corrected chi connectivity index (χ2v) is 8.14. The number of benzene rings is 1. The first kappa shape index (κ1) is 19.1. The van der Waals surface area contributed by atoms with Crippen molar-refractivity contribution in [2.24, 2.45) is 5.92 Å². The fourth-order valence-electron chi connectivity index (χ4n) is 3.62. The number of amides is 1. The van der Waals surface area contributed by atoms with Crippen LogP contribution >= 0.6 is 11.3 Å². The Kier molecular flexibility index (Phi) is 6.80. The Balaban J connectivity index is 1.39. The largest absolute Gasteiger partial charge is 0.354 e. The second-order valence-electron chi connectivity index (χ2n) is 7.11. The Morgan fingerprint density at radius 1 is 1.31 bits per heavy atom. The number of nitrogens with zero attached hydrogens (tertiary/aromatic N) is 1. The molecule has 0 radical (unpaired) electrons. The predicted molar refractivity (Wildman–Crippen MR) is 105 cm³/mol. The summed E-state index contributed by atoms with van der Waals surface area (Å²) in [5, 5.41) is 5.12. The van der Waals surface area contributed by atoms with E-state index in [4.69, 9.17) is 0 Å². The van der Waals surface area contributed by atoms with E-state index in [9.17, 15) is 9.18 Å². The monoisotopic (exact) mass is 374 g/mol. The van der Waals surface area contributed by atoms with Gasteiger partial charge in [0.25, 0.3) is 0 Å². The number of carbonyl (C=O) groups is 1. The quantitative estimate of drug-likeness (QED) is 0.797. The van der Waals surface area contributed by atoms with Gasteiger partial charge in [-0.2, -0.15) is 0 Å². The summed E-state index contributed by atoms with van der Waals surface area (Å²) in [5.74, 6) is 0.528. The van der Waals surface area contributed by atoms with Crippen molar-refractivity contribution in [1.29, 1.82) is 0 Å². The number of hydrogen-bond acceptors (Lipinski definition) is 3. The Morgan fingerprint density at radius 3 is 2.81 bits per heavy atom. The van der Waals surface area contributed by atoms with Crippen molar-refractivity contribution in [1.82, 2.24) is 10.2 Å². The molecule has 1 N–H and O–H groups in total. The number of thiophene rings is 1. The van der Waals surface area contributed by atoms with Gasteiger partial charge in [-0.05, 0) is 80.8 Å². The maximum Gasteiger partial charge on any atom is 0.237 e. The molecule has 1 amide bonds.